The summed E-state index contributed by atoms with van der Waals surface area (Å²) in [5.41, 5.74) is 0.612. The van der Waals surface area contributed by atoms with Crippen LogP contribution >= 0.6 is 11.3 Å². The number of amides is 2. The Morgan fingerprint density at radius 2 is 1.92 bits per heavy atom. The van der Waals surface area contributed by atoms with Crippen molar-refractivity contribution in [2.24, 2.45) is 5.92 Å². The van der Waals surface area contributed by atoms with Crippen molar-refractivity contribution in [3.63, 3.8) is 0 Å². The largest absolute Gasteiger partial charge is 0.481 e. The summed E-state index contributed by atoms with van der Waals surface area (Å²) in [5.74, 6) is -1.49. The molecule has 6 nitrogen and oxygen atoms in total. The van der Waals surface area contributed by atoms with Gasteiger partial charge in [0.2, 0.25) is 5.91 Å². The van der Waals surface area contributed by atoms with Crippen molar-refractivity contribution in [1.29, 1.82) is 0 Å². The molecule has 0 bridgehead atoms. The number of likely N-dealkylation sites (tertiary alicyclic amines) is 1. The maximum Gasteiger partial charge on any atom is 0.306 e. The Bertz CT molecular complexity index is 808. The molecule has 2 heterocycles. The summed E-state index contributed by atoms with van der Waals surface area (Å²) >= 11 is 1.51. The number of carbonyl (C=O) groups is 3. The van der Waals surface area contributed by atoms with Gasteiger partial charge in [-0.15, -0.1) is 11.3 Å². The van der Waals surface area contributed by atoms with E-state index in [-0.39, 0.29) is 24.3 Å². The number of fused-ring (bicyclic) bond motifs is 1. The number of carbonyl (C=O) groups excluding carboxylic acids is 2. The fraction of sp³-hybridized carbons (Fsp3) is 0.389. The van der Waals surface area contributed by atoms with E-state index in [9.17, 15) is 14.4 Å². The average molecular weight is 360 g/mol. The van der Waals surface area contributed by atoms with Crippen molar-refractivity contribution in [1.82, 2.24) is 9.80 Å². The minimum Gasteiger partial charge on any atom is -0.481 e. The molecule has 1 aliphatic rings. The normalized spacial score (nSPS) is 15.3. The third kappa shape index (κ3) is 3.66. The lowest BCUT2D eigenvalue weighted by Gasteiger charge is -2.31. The number of likely N-dealkylation sites (N-methyl/N-ethyl adjacent to an activating group) is 1. The molecule has 132 valence electrons. The van der Waals surface area contributed by atoms with Crippen LogP contribution in [0.4, 0.5) is 0 Å². The molecular weight excluding hydrogens is 340 g/mol. The van der Waals surface area contributed by atoms with Crippen LogP contribution in [0.25, 0.3) is 10.1 Å². The molecule has 0 unspecified atom stereocenters. The predicted molar refractivity (Wildman–Crippen MR) is 95.7 cm³/mol. The first kappa shape index (κ1) is 17.4. The molecule has 1 N–H and O–H groups in total. The SMILES string of the molecule is CN(CC(=O)N1CCC(C(=O)O)CC1)C(=O)c1csc2ccccc12. The van der Waals surface area contributed by atoms with Gasteiger partial charge in [-0.25, -0.2) is 0 Å². The van der Waals surface area contributed by atoms with Crippen molar-refractivity contribution in [2.75, 3.05) is 26.7 Å². The molecule has 1 aromatic heterocycles. The number of hydrogen-bond acceptors (Lipinski definition) is 4. The Hall–Kier alpha value is -2.41. The zero-order chi connectivity index (χ0) is 18.0. The van der Waals surface area contributed by atoms with Crippen molar-refractivity contribution >= 4 is 39.2 Å². The molecule has 0 radical (unpaired) electrons. The second kappa shape index (κ2) is 7.23. The number of benzene rings is 1. The molecule has 2 aromatic rings. The maximum atomic E-state index is 12.7. The fourth-order valence-corrected chi connectivity index (χ4v) is 4.03. The smallest absolute Gasteiger partial charge is 0.306 e. The van der Waals surface area contributed by atoms with E-state index in [4.69, 9.17) is 5.11 Å². The first-order chi connectivity index (χ1) is 12.0. The third-order valence-corrected chi connectivity index (χ3v) is 5.59. The zero-order valence-corrected chi connectivity index (χ0v) is 14.8. The number of nitrogens with zero attached hydrogens (tertiary/aromatic N) is 2. The summed E-state index contributed by atoms with van der Waals surface area (Å²) in [6.45, 7) is 0.860. The van der Waals surface area contributed by atoms with Gasteiger partial charge < -0.3 is 14.9 Å². The Morgan fingerprint density at radius 3 is 2.60 bits per heavy atom. The molecular formula is C18H20N2O4S. The van der Waals surface area contributed by atoms with Crippen molar-refractivity contribution in [2.45, 2.75) is 12.8 Å². The van der Waals surface area contributed by atoms with Crippen LogP contribution in [0.2, 0.25) is 0 Å². The van der Waals surface area contributed by atoms with E-state index in [0.29, 0.717) is 31.5 Å². The molecule has 25 heavy (non-hydrogen) atoms. The highest BCUT2D eigenvalue weighted by atomic mass is 32.1. The van der Waals surface area contributed by atoms with E-state index in [1.807, 2.05) is 29.6 Å². The summed E-state index contributed by atoms with van der Waals surface area (Å²) in [4.78, 5) is 39.1. The first-order valence-corrected chi connectivity index (χ1v) is 9.07. The molecule has 1 fully saturated rings. The van der Waals surface area contributed by atoms with Crippen LogP contribution in [-0.2, 0) is 9.59 Å². The Labute approximate surface area is 149 Å². The van der Waals surface area contributed by atoms with Gasteiger partial charge in [0, 0.05) is 35.6 Å². The van der Waals surface area contributed by atoms with Crippen LogP contribution in [0, 0.1) is 5.92 Å². The molecule has 1 aliphatic heterocycles. The molecule has 0 spiro atoms. The quantitative estimate of drug-likeness (QED) is 0.907. The molecule has 0 aliphatic carbocycles. The van der Waals surface area contributed by atoms with Crippen molar-refractivity contribution < 1.29 is 19.5 Å². The fourth-order valence-electron chi connectivity index (χ4n) is 3.10. The Balaban J connectivity index is 1.62. The molecule has 3 rings (SSSR count). The number of carboxylic acid groups (broad SMARTS) is 1. The van der Waals surface area contributed by atoms with Gasteiger partial charge in [0.25, 0.3) is 5.91 Å². The van der Waals surface area contributed by atoms with Gasteiger partial charge in [-0.1, -0.05) is 18.2 Å². The van der Waals surface area contributed by atoms with Crippen LogP contribution < -0.4 is 0 Å². The summed E-state index contributed by atoms with van der Waals surface area (Å²) in [6, 6.07) is 7.70. The molecule has 2 amide bonds. The van der Waals surface area contributed by atoms with E-state index in [1.165, 1.54) is 16.2 Å². The van der Waals surface area contributed by atoms with E-state index in [1.54, 1.807) is 11.9 Å². The van der Waals surface area contributed by atoms with E-state index in [0.717, 1.165) is 10.1 Å². The topological polar surface area (TPSA) is 77.9 Å². The number of rotatable bonds is 4. The lowest BCUT2D eigenvalue weighted by Crippen LogP contribution is -2.45. The van der Waals surface area contributed by atoms with E-state index >= 15 is 0 Å². The van der Waals surface area contributed by atoms with Gasteiger partial charge in [-0.2, -0.15) is 0 Å². The highest BCUT2D eigenvalue weighted by molar-refractivity contribution is 7.17. The number of thiophene rings is 1. The van der Waals surface area contributed by atoms with Gasteiger partial charge in [0.15, 0.2) is 0 Å². The molecule has 1 saturated heterocycles. The van der Waals surface area contributed by atoms with Gasteiger partial charge in [-0.05, 0) is 18.9 Å². The van der Waals surface area contributed by atoms with Crippen LogP contribution in [-0.4, -0.2) is 59.4 Å². The second-order valence-electron chi connectivity index (χ2n) is 6.30. The minimum absolute atomic E-state index is 0.000739. The van der Waals surface area contributed by atoms with Crippen molar-refractivity contribution in [3.8, 4) is 0 Å². The Kier molecular flexibility index (Phi) is 5.03. The first-order valence-electron chi connectivity index (χ1n) is 8.19. The van der Waals surface area contributed by atoms with E-state index in [2.05, 4.69) is 0 Å². The number of hydrogen-bond donors (Lipinski definition) is 1. The molecule has 0 saturated carbocycles. The van der Waals surface area contributed by atoms with Crippen molar-refractivity contribution in [3.05, 3.63) is 35.2 Å². The third-order valence-electron chi connectivity index (χ3n) is 4.63. The summed E-state index contributed by atoms with van der Waals surface area (Å²) < 4.78 is 1.04. The minimum atomic E-state index is -0.802. The number of aliphatic carboxylic acids is 1. The standard InChI is InChI=1S/C18H20N2O4S/c1-19(10-16(21)20-8-6-12(7-9-20)18(23)24)17(22)14-11-25-15-5-3-2-4-13(14)15/h2-5,11-12H,6-10H2,1H3,(H,23,24). The summed E-state index contributed by atoms with van der Waals surface area (Å²) in [6.07, 6.45) is 0.932. The molecule has 1 aromatic carbocycles. The molecule has 0 atom stereocenters. The zero-order valence-electron chi connectivity index (χ0n) is 14.0. The lowest BCUT2D eigenvalue weighted by atomic mass is 9.97. The van der Waals surface area contributed by atoms with Crippen LogP contribution in [0.1, 0.15) is 23.2 Å². The van der Waals surface area contributed by atoms with Gasteiger partial charge >= 0.3 is 5.97 Å². The lowest BCUT2D eigenvalue weighted by molar-refractivity contribution is -0.145. The Morgan fingerprint density at radius 1 is 1.24 bits per heavy atom. The van der Waals surface area contributed by atoms with Crippen LogP contribution in [0.3, 0.4) is 0 Å². The summed E-state index contributed by atoms with van der Waals surface area (Å²) in [5, 5.41) is 11.7. The van der Waals surface area contributed by atoms with Crippen LogP contribution in [0.5, 0.6) is 0 Å². The van der Waals surface area contributed by atoms with E-state index < -0.39 is 5.97 Å². The second-order valence-corrected chi connectivity index (χ2v) is 7.21. The highest BCUT2D eigenvalue weighted by Gasteiger charge is 2.28. The highest BCUT2D eigenvalue weighted by Crippen LogP contribution is 2.26. The average Bonchev–Trinajstić information content (AvgIpc) is 3.05. The van der Waals surface area contributed by atoms with Gasteiger partial charge in [-0.3, -0.25) is 14.4 Å². The number of piperidine rings is 1. The van der Waals surface area contributed by atoms with Crippen LogP contribution in [0.15, 0.2) is 29.6 Å². The number of carboxylic acids is 1. The summed E-state index contributed by atoms with van der Waals surface area (Å²) in [7, 11) is 1.62. The monoisotopic (exact) mass is 360 g/mol. The maximum absolute atomic E-state index is 12.7. The van der Waals surface area contributed by atoms with Gasteiger partial charge in [0.1, 0.15) is 0 Å². The predicted octanol–water partition coefficient (Wildman–Crippen LogP) is 2.30. The van der Waals surface area contributed by atoms with Gasteiger partial charge in [0.05, 0.1) is 18.0 Å². The molecule has 7 heteroatoms.